The van der Waals surface area contributed by atoms with Gasteiger partial charge in [0.05, 0.1) is 15.5 Å². The Kier molecular flexibility index (Phi) is 7.33. The number of Topliss-reactive ketones (excluding diaryl/α,β-unsaturated/α-hetero) is 1. The molecule has 3 aromatic rings. The number of amides is 1. The van der Waals surface area contributed by atoms with Crippen molar-refractivity contribution in [3.8, 4) is 0 Å². The molecule has 1 saturated heterocycles. The number of anilines is 1. The molecule has 0 N–H and O–H groups in total. The Morgan fingerprint density at radius 1 is 1.17 bits per heavy atom. The third-order valence-corrected chi connectivity index (χ3v) is 10.9. The van der Waals surface area contributed by atoms with E-state index in [1.165, 1.54) is 4.31 Å². The zero-order valence-electron chi connectivity index (χ0n) is 19.9. The Morgan fingerprint density at radius 3 is 2.75 bits per heavy atom. The Balaban J connectivity index is 1.44. The van der Waals surface area contributed by atoms with Crippen molar-refractivity contribution in [1.29, 1.82) is 0 Å². The van der Waals surface area contributed by atoms with E-state index in [0.29, 0.717) is 31.7 Å². The number of carbonyl (C=O) groups excluding carboxylic acids is 2. The minimum absolute atomic E-state index is 0.0400. The van der Waals surface area contributed by atoms with Crippen LogP contribution in [0.15, 0.2) is 50.5 Å². The van der Waals surface area contributed by atoms with Crippen LogP contribution in [0.1, 0.15) is 41.6 Å². The number of ketones is 1. The van der Waals surface area contributed by atoms with Crippen molar-refractivity contribution in [3.63, 3.8) is 0 Å². The molecular weight excluding hydrogens is 564 g/mol. The number of methoxy groups -OCH3 is 1. The molecule has 0 radical (unpaired) electrons. The smallest absolute Gasteiger partial charge is 0.258 e. The molecule has 2 aliphatic heterocycles. The minimum atomic E-state index is -3.76. The lowest BCUT2D eigenvalue weighted by molar-refractivity contribution is -0.122. The van der Waals surface area contributed by atoms with E-state index >= 15 is 0 Å². The number of piperidine rings is 1. The second-order valence-electron chi connectivity index (χ2n) is 9.10. The molecule has 3 heterocycles. The zero-order valence-corrected chi connectivity index (χ0v) is 23.1. The van der Waals surface area contributed by atoms with Crippen molar-refractivity contribution in [1.82, 2.24) is 4.31 Å². The highest BCUT2D eigenvalue weighted by Crippen LogP contribution is 2.39. The first-order chi connectivity index (χ1) is 17.3. The predicted molar refractivity (Wildman–Crippen MR) is 144 cm³/mol. The number of hydrogen-bond donors (Lipinski definition) is 0. The summed E-state index contributed by atoms with van der Waals surface area (Å²) in [4.78, 5) is 28.4. The molecule has 1 atom stereocenters. The van der Waals surface area contributed by atoms with E-state index in [9.17, 15) is 18.0 Å². The molecule has 5 rings (SSSR count). The highest BCUT2D eigenvalue weighted by atomic mass is 79.9. The zero-order chi connectivity index (χ0) is 25.4. The van der Waals surface area contributed by atoms with E-state index in [1.54, 1.807) is 24.1 Å². The van der Waals surface area contributed by atoms with Crippen LogP contribution in [0.4, 0.5) is 5.69 Å². The van der Waals surface area contributed by atoms with E-state index in [0.717, 1.165) is 56.4 Å². The van der Waals surface area contributed by atoms with Crippen LogP contribution in [0.3, 0.4) is 0 Å². The van der Waals surface area contributed by atoms with Gasteiger partial charge >= 0.3 is 0 Å². The lowest BCUT2D eigenvalue weighted by Crippen LogP contribution is -2.48. The summed E-state index contributed by atoms with van der Waals surface area (Å²) in [7, 11) is -2.12. The molecule has 1 aromatic heterocycles. The highest BCUT2D eigenvalue weighted by molar-refractivity contribution is 9.11. The Morgan fingerprint density at radius 2 is 2.00 bits per heavy atom. The van der Waals surface area contributed by atoms with Crippen molar-refractivity contribution in [2.75, 3.05) is 31.7 Å². The van der Waals surface area contributed by atoms with Gasteiger partial charge in [-0.15, -0.1) is 11.3 Å². The van der Waals surface area contributed by atoms with Crippen LogP contribution in [-0.4, -0.2) is 57.3 Å². The maximum Gasteiger partial charge on any atom is 0.258 e. The van der Waals surface area contributed by atoms with Gasteiger partial charge < -0.3 is 9.64 Å². The molecule has 0 spiro atoms. The normalized spacial score (nSPS) is 18.3. The summed E-state index contributed by atoms with van der Waals surface area (Å²) in [5, 5.41) is 1.73. The average Bonchev–Trinajstić information content (AvgIpc) is 3.44. The lowest BCUT2D eigenvalue weighted by Gasteiger charge is -2.33. The summed E-state index contributed by atoms with van der Waals surface area (Å²) in [6.45, 7) is 1.46. The molecule has 10 heteroatoms. The predicted octanol–water partition coefficient (Wildman–Crippen LogP) is 5.02. The molecule has 190 valence electrons. The van der Waals surface area contributed by atoms with Gasteiger partial charge in [-0.1, -0.05) is 24.6 Å². The number of hydrogen-bond acceptors (Lipinski definition) is 6. The van der Waals surface area contributed by atoms with Crippen LogP contribution in [0, 0.1) is 0 Å². The van der Waals surface area contributed by atoms with Crippen molar-refractivity contribution in [3.05, 3.63) is 57.4 Å². The molecular formula is C26H27BrN2O5S2. The summed E-state index contributed by atoms with van der Waals surface area (Å²) in [6.07, 6.45) is 2.90. The quantitative estimate of drug-likeness (QED) is 0.327. The number of rotatable bonds is 9. The molecule has 1 amide bonds. The van der Waals surface area contributed by atoms with Crippen molar-refractivity contribution in [2.45, 2.75) is 42.4 Å². The summed E-state index contributed by atoms with van der Waals surface area (Å²) in [5.41, 5.74) is 2.30. The number of ether oxygens (including phenoxy) is 1. The number of benzene rings is 2. The van der Waals surface area contributed by atoms with Crippen molar-refractivity contribution >= 4 is 65.4 Å². The fourth-order valence-electron chi connectivity index (χ4n) is 5.22. The van der Waals surface area contributed by atoms with E-state index in [2.05, 4.69) is 15.9 Å². The molecule has 36 heavy (non-hydrogen) atoms. The third-order valence-electron chi connectivity index (χ3n) is 6.91. The summed E-state index contributed by atoms with van der Waals surface area (Å²) in [6, 6.07) is 12.0. The Hall–Kier alpha value is -2.11. The minimum Gasteiger partial charge on any atom is -0.385 e. The fourth-order valence-corrected chi connectivity index (χ4v) is 9.04. The van der Waals surface area contributed by atoms with Crippen molar-refractivity contribution < 1.29 is 22.7 Å². The topological polar surface area (TPSA) is 84.0 Å². The molecule has 0 saturated carbocycles. The first-order valence-electron chi connectivity index (χ1n) is 12.0. The summed E-state index contributed by atoms with van der Waals surface area (Å²) < 4.78 is 34.2. The van der Waals surface area contributed by atoms with Crippen LogP contribution in [0.5, 0.6) is 0 Å². The Labute approximate surface area is 223 Å². The first-order valence-corrected chi connectivity index (χ1v) is 15.0. The van der Waals surface area contributed by atoms with E-state index < -0.39 is 16.1 Å². The number of sulfonamides is 1. The molecule has 1 fully saturated rings. The van der Waals surface area contributed by atoms with Crippen LogP contribution in [0.2, 0.25) is 0 Å². The summed E-state index contributed by atoms with van der Waals surface area (Å²) >= 11 is 4.49. The van der Waals surface area contributed by atoms with E-state index in [4.69, 9.17) is 4.74 Å². The van der Waals surface area contributed by atoms with Crippen LogP contribution in [0.25, 0.3) is 10.8 Å². The van der Waals surface area contributed by atoms with Gasteiger partial charge in [-0.25, -0.2) is 8.42 Å². The molecule has 2 aliphatic rings. The van der Waals surface area contributed by atoms with Gasteiger partial charge in [0, 0.05) is 44.2 Å². The van der Waals surface area contributed by atoms with E-state index in [-0.39, 0.29) is 22.3 Å². The van der Waals surface area contributed by atoms with Crippen molar-refractivity contribution in [2.24, 2.45) is 0 Å². The number of halogens is 1. The maximum atomic E-state index is 13.6. The summed E-state index contributed by atoms with van der Waals surface area (Å²) in [5.74, 6) is -0.155. The van der Waals surface area contributed by atoms with Crippen LogP contribution in [-0.2, 0) is 26.0 Å². The van der Waals surface area contributed by atoms with Crippen LogP contribution < -0.4 is 4.90 Å². The molecule has 2 aromatic carbocycles. The van der Waals surface area contributed by atoms with Gasteiger partial charge in [0.1, 0.15) is 4.21 Å². The fraction of sp³-hybridized carbons (Fsp3) is 0.385. The molecule has 7 nitrogen and oxygen atoms in total. The average molecular weight is 592 g/mol. The maximum absolute atomic E-state index is 13.6. The monoisotopic (exact) mass is 590 g/mol. The SMILES string of the molecule is COCCCN1C(=O)c2cccc3c(CC(=O)C4CCCCN4S(=O)(=O)c4ccc(Br)s4)ccc1c23. The molecule has 0 aliphatic carbocycles. The largest absolute Gasteiger partial charge is 0.385 e. The van der Waals surface area contributed by atoms with Crippen LogP contribution >= 0.6 is 27.3 Å². The first kappa shape index (κ1) is 25.5. The van der Waals surface area contributed by atoms with Gasteiger partial charge in [-0.2, -0.15) is 4.31 Å². The van der Waals surface area contributed by atoms with Gasteiger partial charge in [0.2, 0.25) is 0 Å². The lowest BCUT2D eigenvalue weighted by atomic mass is 9.93. The van der Waals surface area contributed by atoms with Gasteiger partial charge in [-0.05, 0) is 70.4 Å². The third kappa shape index (κ3) is 4.54. The number of carbonyl (C=O) groups is 2. The van der Waals surface area contributed by atoms with E-state index in [1.807, 2.05) is 30.3 Å². The molecule has 1 unspecified atom stereocenters. The second kappa shape index (κ2) is 10.3. The highest BCUT2D eigenvalue weighted by Gasteiger charge is 2.38. The number of nitrogens with zero attached hydrogens (tertiary/aromatic N) is 2. The Bertz CT molecular complexity index is 1440. The molecule has 0 bridgehead atoms. The standard InChI is InChI=1S/C26H27BrN2O5S2/c1-34-15-5-13-28-21-10-9-17(18-6-4-7-19(25(18)21)26(28)31)16-22(30)20-8-2-3-14-29(20)36(32,33)24-12-11-23(27)35-24/h4,6-7,9-12,20H,2-3,5,8,13-16H2,1H3. The van der Waals surface area contributed by atoms with Gasteiger partial charge in [0.15, 0.2) is 5.78 Å². The second-order valence-corrected chi connectivity index (χ2v) is 13.7. The van der Waals surface area contributed by atoms with Gasteiger partial charge in [0.25, 0.3) is 15.9 Å². The number of thiophene rings is 1. The van der Waals surface area contributed by atoms with Gasteiger partial charge in [-0.3, -0.25) is 9.59 Å².